The van der Waals surface area contributed by atoms with E-state index in [9.17, 15) is 0 Å². The van der Waals surface area contributed by atoms with Gasteiger partial charge in [-0.25, -0.2) is 0 Å². The summed E-state index contributed by atoms with van der Waals surface area (Å²) in [5, 5.41) is 6.02. The maximum absolute atomic E-state index is 4.13. The van der Waals surface area contributed by atoms with Crippen molar-refractivity contribution in [2.24, 2.45) is 5.10 Å². The molecule has 0 fully saturated rings. The van der Waals surface area contributed by atoms with Crippen molar-refractivity contribution in [3.05, 3.63) is 24.4 Å². The summed E-state index contributed by atoms with van der Waals surface area (Å²) in [6, 6.07) is 0.397. The van der Waals surface area contributed by atoms with Crippen LogP contribution in [0, 0.1) is 0 Å². The molecular weight excluding hydrogens is 148 g/mol. The Kier molecular flexibility index (Phi) is 5.09. The summed E-state index contributed by atoms with van der Waals surface area (Å²) < 4.78 is 0. The molecule has 0 aliphatic carbocycles. The van der Waals surface area contributed by atoms with Crippen LogP contribution in [0.1, 0.15) is 27.7 Å². The maximum atomic E-state index is 4.13. The summed E-state index contributed by atoms with van der Waals surface area (Å²) in [6.07, 6.45) is 5.61. The number of hydrogen-bond donors (Lipinski definition) is 0. The fraction of sp³-hybridized carbons (Fsp3) is 0.500. The van der Waals surface area contributed by atoms with Crippen molar-refractivity contribution in [2.45, 2.75) is 33.7 Å². The first-order chi connectivity index (χ1) is 5.72. The van der Waals surface area contributed by atoms with Crippen LogP contribution in [0.5, 0.6) is 0 Å². The second-order valence-corrected chi connectivity index (χ2v) is 2.55. The highest BCUT2D eigenvalue weighted by Gasteiger charge is 2.08. The highest BCUT2D eigenvalue weighted by molar-refractivity contribution is 5.72. The standard InChI is InChI=1S/C8H12N2.C2H6/c1-7(2)10-8(3)5-4-6-9-10;1-2/h4-7H,3H2,1-2H3;1-2H3. The molecule has 0 aromatic rings. The molecule has 12 heavy (non-hydrogen) atoms. The van der Waals surface area contributed by atoms with E-state index in [-0.39, 0.29) is 0 Å². The summed E-state index contributed by atoms with van der Waals surface area (Å²) in [4.78, 5) is 0. The Bertz CT molecular complexity index is 190. The molecule has 2 heteroatoms. The van der Waals surface area contributed by atoms with E-state index in [2.05, 4.69) is 25.5 Å². The van der Waals surface area contributed by atoms with Crippen molar-refractivity contribution < 1.29 is 0 Å². The lowest BCUT2D eigenvalue weighted by Crippen LogP contribution is -2.24. The van der Waals surface area contributed by atoms with Gasteiger partial charge in [-0.15, -0.1) is 0 Å². The summed E-state index contributed by atoms with van der Waals surface area (Å²) in [5.41, 5.74) is 0.956. The van der Waals surface area contributed by atoms with E-state index in [0.29, 0.717) is 6.04 Å². The van der Waals surface area contributed by atoms with Crippen molar-refractivity contribution in [1.82, 2.24) is 5.01 Å². The van der Waals surface area contributed by atoms with Crippen molar-refractivity contribution in [1.29, 1.82) is 0 Å². The van der Waals surface area contributed by atoms with Gasteiger partial charge in [-0.2, -0.15) is 5.10 Å². The Balaban J connectivity index is 0.000000561. The first-order valence-corrected chi connectivity index (χ1v) is 4.40. The molecule has 0 aromatic heterocycles. The van der Waals surface area contributed by atoms with Crippen LogP contribution in [0.15, 0.2) is 29.5 Å². The third-order valence-corrected chi connectivity index (χ3v) is 1.35. The molecule has 0 amide bonds. The zero-order chi connectivity index (χ0) is 9.56. The summed E-state index contributed by atoms with van der Waals surface area (Å²) in [7, 11) is 0. The first kappa shape index (κ1) is 11.0. The fourth-order valence-corrected chi connectivity index (χ4v) is 0.880. The van der Waals surface area contributed by atoms with Crippen LogP contribution in [-0.2, 0) is 0 Å². The van der Waals surface area contributed by atoms with Crippen LogP contribution in [0.3, 0.4) is 0 Å². The lowest BCUT2D eigenvalue weighted by atomic mass is 10.3. The van der Waals surface area contributed by atoms with Crippen molar-refractivity contribution in [3.63, 3.8) is 0 Å². The molecule has 0 aromatic carbocycles. The van der Waals surface area contributed by atoms with Gasteiger partial charge >= 0.3 is 0 Å². The largest absolute Gasteiger partial charge is 0.264 e. The zero-order valence-electron chi connectivity index (χ0n) is 8.41. The van der Waals surface area contributed by atoms with Crippen LogP contribution in [0.4, 0.5) is 0 Å². The van der Waals surface area contributed by atoms with Crippen molar-refractivity contribution in [3.8, 4) is 0 Å². The topological polar surface area (TPSA) is 15.6 Å². The normalized spacial score (nSPS) is 14.8. The predicted molar refractivity (Wildman–Crippen MR) is 55.1 cm³/mol. The van der Waals surface area contributed by atoms with E-state index < -0.39 is 0 Å². The smallest absolute Gasteiger partial charge is 0.0525 e. The van der Waals surface area contributed by atoms with Gasteiger partial charge in [0.25, 0.3) is 0 Å². The fourth-order valence-electron chi connectivity index (χ4n) is 0.880. The third-order valence-electron chi connectivity index (χ3n) is 1.35. The van der Waals surface area contributed by atoms with E-state index in [1.807, 2.05) is 31.0 Å². The highest BCUT2D eigenvalue weighted by atomic mass is 15.5. The van der Waals surface area contributed by atoms with Gasteiger partial charge in [0.05, 0.1) is 5.70 Å². The first-order valence-electron chi connectivity index (χ1n) is 4.40. The minimum absolute atomic E-state index is 0.397. The molecule has 1 heterocycles. The number of allylic oxidation sites excluding steroid dienone is 2. The third kappa shape index (κ3) is 2.91. The molecule has 0 saturated heterocycles. The Labute approximate surface area is 75.3 Å². The molecule has 0 unspecified atom stereocenters. The minimum atomic E-state index is 0.397. The molecule has 0 radical (unpaired) electrons. The number of hydrogen-bond acceptors (Lipinski definition) is 2. The van der Waals surface area contributed by atoms with Gasteiger partial charge in [0.1, 0.15) is 0 Å². The van der Waals surface area contributed by atoms with Crippen LogP contribution >= 0.6 is 0 Å². The molecule has 1 aliphatic heterocycles. The van der Waals surface area contributed by atoms with E-state index in [1.54, 1.807) is 6.21 Å². The number of nitrogens with zero attached hydrogens (tertiary/aromatic N) is 2. The average molecular weight is 166 g/mol. The maximum Gasteiger partial charge on any atom is 0.0525 e. The number of hydrazone groups is 1. The van der Waals surface area contributed by atoms with Crippen molar-refractivity contribution in [2.75, 3.05) is 0 Å². The van der Waals surface area contributed by atoms with Crippen molar-refractivity contribution >= 4 is 6.21 Å². The van der Waals surface area contributed by atoms with E-state index in [4.69, 9.17) is 0 Å². The monoisotopic (exact) mass is 166 g/mol. The van der Waals surface area contributed by atoms with E-state index in [1.165, 1.54) is 0 Å². The summed E-state index contributed by atoms with van der Waals surface area (Å²) in [5.74, 6) is 0. The Morgan fingerprint density at radius 1 is 1.42 bits per heavy atom. The lowest BCUT2D eigenvalue weighted by Gasteiger charge is -2.24. The molecule has 0 N–H and O–H groups in total. The molecule has 0 bridgehead atoms. The molecule has 0 spiro atoms. The Morgan fingerprint density at radius 3 is 2.33 bits per heavy atom. The minimum Gasteiger partial charge on any atom is -0.264 e. The molecule has 2 nitrogen and oxygen atoms in total. The summed E-state index contributed by atoms with van der Waals surface area (Å²) >= 11 is 0. The Morgan fingerprint density at radius 2 is 2.00 bits per heavy atom. The molecular formula is C10H18N2. The van der Waals surface area contributed by atoms with Gasteiger partial charge in [-0.1, -0.05) is 20.4 Å². The van der Waals surface area contributed by atoms with Gasteiger partial charge in [0.15, 0.2) is 0 Å². The molecule has 1 rings (SSSR count). The van der Waals surface area contributed by atoms with Crippen LogP contribution in [0.2, 0.25) is 0 Å². The molecule has 68 valence electrons. The Hall–Kier alpha value is -1.05. The number of rotatable bonds is 1. The SMILES string of the molecule is C=C1C=CC=NN1C(C)C.CC. The lowest BCUT2D eigenvalue weighted by molar-refractivity contribution is 0.309. The molecule has 1 aliphatic rings. The molecule has 0 atom stereocenters. The average Bonchev–Trinajstić information content (AvgIpc) is 2.08. The quantitative estimate of drug-likeness (QED) is 0.585. The zero-order valence-corrected chi connectivity index (χ0v) is 8.41. The van der Waals surface area contributed by atoms with Gasteiger partial charge in [0, 0.05) is 12.3 Å². The second-order valence-electron chi connectivity index (χ2n) is 2.55. The van der Waals surface area contributed by atoms with E-state index in [0.717, 1.165) is 5.70 Å². The summed E-state index contributed by atoms with van der Waals surface area (Å²) in [6.45, 7) is 12.0. The van der Waals surface area contributed by atoms with Crippen LogP contribution in [-0.4, -0.2) is 17.3 Å². The second kappa shape index (κ2) is 5.58. The molecule has 0 saturated carbocycles. The van der Waals surface area contributed by atoms with Gasteiger partial charge in [0.2, 0.25) is 0 Å². The van der Waals surface area contributed by atoms with Crippen LogP contribution < -0.4 is 0 Å². The van der Waals surface area contributed by atoms with Crippen LogP contribution in [0.25, 0.3) is 0 Å². The van der Waals surface area contributed by atoms with E-state index >= 15 is 0 Å². The van der Waals surface area contributed by atoms with Gasteiger partial charge < -0.3 is 0 Å². The van der Waals surface area contributed by atoms with Gasteiger partial charge in [-0.3, -0.25) is 5.01 Å². The van der Waals surface area contributed by atoms with Gasteiger partial charge in [-0.05, 0) is 26.0 Å². The highest BCUT2D eigenvalue weighted by Crippen LogP contribution is 2.11. The predicted octanol–water partition coefficient (Wildman–Crippen LogP) is 2.79.